The van der Waals surface area contributed by atoms with Gasteiger partial charge in [0.15, 0.2) is 0 Å². The van der Waals surface area contributed by atoms with Crippen molar-refractivity contribution in [1.82, 2.24) is 0 Å². The Morgan fingerprint density at radius 3 is 2.61 bits per heavy atom. The summed E-state index contributed by atoms with van der Waals surface area (Å²) in [6.45, 7) is 8.43. The summed E-state index contributed by atoms with van der Waals surface area (Å²) >= 11 is 0.639. The van der Waals surface area contributed by atoms with Crippen LogP contribution >= 0.6 is 11.9 Å². The first kappa shape index (κ1) is 13.2. The van der Waals surface area contributed by atoms with Crippen LogP contribution in [0.15, 0.2) is 23.1 Å². The minimum absolute atomic E-state index is 0.0374. The first-order valence-electron chi connectivity index (χ1n) is 5.86. The van der Waals surface area contributed by atoms with Crippen molar-refractivity contribution >= 4 is 11.9 Å². The summed E-state index contributed by atoms with van der Waals surface area (Å²) < 4.78 is 5.55. The van der Waals surface area contributed by atoms with Gasteiger partial charge >= 0.3 is 0 Å². The zero-order chi connectivity index (χ0) is 13.6. The van der Waals surface area contributed by atoms with E-state index in [1.807, 2.05) is 12.1 Å². The summed E-state index contributed by atoms with van der Waals surface area (Å²) in [5, 5.41) is 10.5. The summed E-state index contributed by atoms with van der Waals surface area (Å²) in [7, 11) is 0. The number of hydrogen-bond acceptors (Lipinski definition) is 4. The Labute approximate surface area is 111 Å². The van der Waals surface area contributed by atoms with Crippen LogP contribution in [0, 0.1) is 10.1 Å². The van der Waals surface area contributed by atoms with Crippen LogP contribution in [-0.2, 0) is 5.41 Å². The SMILES string of the molecule is CC1(C)CC(C)(C)c2cc(S[N+](=O)[O-])ccc2O1. The van der Waals surface area contributed by atoms with Gasteiger partial charge < -0.3 is 4.74 Å². The maximum atomic E-state index is 10.5. The zero-order valence-corrected chi connectivity index (χ0v) is 11.8. The van der Waals surface area contributed by atoms with Crippen molar-refractivity contribution in [3.63, 3.8) is 0 Å². The van der Waals surface area contributed by atoms with Crippen LogP contribution in [0.1, 0.15) is 39.7 Å². The van der Waals surface area contributed by atoms with Gasteiger partial charge in [0, 0.05) is 5.56 Å². The van der Waals surface area contributed by atoms with E-state index in [0.717, 1.165) is 17.7 Å². The number of nitrogens with zero attached hydrogens (tertiary/aromatic N) is 1. The molecule has 1 aromatic rings. The molecule has 0 N–H and O–H groups in total. The second kappa shape index (κ2) is 4.16. The molecule has 0 aliphatic carbocycles. The quantitative estimate of drug-likeness (QED) is 0.464. The molecule has 4 nitrogen and oxygen atoms in total. The van der Waals surface area contributed by atoms with E-state index in [1.165, 1.54) is 0 Å². The first-order valence-corrected chi connectivity index (χ1v) is 6.63. The van der Waals surface area contributed by atoms with Gasteiger partial charge in [-0.25, -0.2) is 0 Å². The lowest BCUT2D eigenvalue weighted by Gasteiger charge is -2.42. The van der Waals surface area contributed by atoms with Crippen molar-refractivity contribution in [2.45, 2.75) is 50.0 Å². The third-order valence-corrected chi connectivity index (χ3v) is 3.73. The average Bonchev–Trinajstić information content (AvgIpc) is 2.15. The predicted molar refractivity (Wildman–Crippen MR) is 71.6 cm³/mol. The fourth-order valence-corrected chi connectivity index (χ4v) is 3.23. The molecule has 5 heteroatoms. The lowest BCUT2D eigenvalue weighted by atomic mass is 9.74. The Kier molecular flexibility index (Phi) is 3.05. The maximum absolute atomic E-state index is 10.5. The average molecular weight is 267 g/mol. The molecule has 0 amide bonds. The smallest absolute Gasteiger partial charge is 0.265 e. The van der Waals surface area contributed by atoms with Crippen LogP contribution in [0.25, 0.3) is 0 Å². The van der Waals surface area contributed by atoms with E-state index < -0.39 is 0 Å². The first-order chi connectivity index (χ1) is 8.20. The molecule has 0 atom stereocenters. The molecule has 0 unspecified atom stereocenters. The van der Waals surface area contributed by atoms with Crippen LogP contribution in [0.2, 0.25) is 0 Å². The Balaban J connectivity index is 2.43. The molecular formula is C13H17NO3S. The number of fused-ring (bicyclic) bond motifs is 1. The number of hydrogen-bond donors (Lipinski definition) is 0. The molecule has 0 spiro atoms. The highest BCUT2D eigenvalue weighted by atomic mass is 32.2. The van der Waals surface area contributed by atoms with Crippen molar-refractivity contribution in [2.75, 3.05) is 0 Å². The topological polar surface area (TPSA) is 52.4 Å². The molecule has 1 heterocycles. The fraction of sp³-hybridized carbons (Fsp3) is 0.538. The second-order valence-corrected chi connectivity index (χ2v) is 6.85. The van der Waals surface area contributed by atoms with Crippen molar-refractivity contribution < 1.29 is 9.07 Å². The Hall–Kier alpha value is -1.23. The van der Waals surface area contributed by atoms with Gasteiger partial charge in [0.05, 0.1) is 4.90 Å². The molecule has 0 fully saturated rings. The van der Waals surface area contributed by atoms with Crippen LogP contribution < -0.4 is 4.74 Å². The largest absolute Gasteiger partial charge is 0.488 e. The van der Waals surface area contributed by atoms with E-state index >= 15 is 0 Å². The Bertz CT molecular complexity index is 497. The van der Waals surface area contributed by atoms with Crippen LogP contribution in [-0.4, -0.2) is 9.93 Å². The van der Waals surface area contributed by atoms with Gasteiger partial charge in [-0.15, -0.1) is 0 Å². The molecule has 0 saturated carbocycles. The third kappa shape index (κ3) is 2.61. The normalized spacial score (nSPS) is 19.8. The molecule has 1 aromatic carbocycles. The highest BCUT2D eigenvalue weighted by Gasteiger charge is 2.39. The summed E-state index contributed by atoms with van der Waals surface area (Å²) in [6.07, 6.45) is 0.888. The van der Waals surface area contributed by atoms with Crippen molar-refractivity contribution in [2.24, 2.45) is 0 Å². The highest BCUT2D eigenvalue weighted by Crippen LogP contribution is 2.45. The molecule has 0 saturated heterocycles. The maximum Gasteiger partial charge on any atom is 0.265 e. The molecule has 1 aliphatic rings. The van der Waals surface area contributed by atoms with Crippen molar-refractivity contribution in [1.29, 1.82) is 0 Å². The van der Waals surface area contributed by atoms with Crippen molar-refractivity contribution in [3.8, 4) is 5.75 Å². The minimum atomic E-state index is -0.387. The van der Waals surface area contributed by atoms with Gasteiger partial charge in [-0.2, -0.15) is 0 Å². The van der Waals surface area contributed by atoms with Gasteiger partial charge in [0.1, 0.15) is 15.7 Å². The standard InChI is InChI=1S/C13H17NO3S/c1-12(2)8-13(3,4)17-11-6-5-9(7-10(11)12)18-14(15)16/h5-7H,8H2,1-4H3. The fourth-order valence-electron chi connectivity index (χ4n) is 2.76. The number of benzene rings is 1. The highest BCUT2D eigenvalue weighted by molar-refractivity contribution is 7.93. The monoisotopic (exact) mass is 267 g/mol. The van der Waals surface area contributed by atoms with Gasteiger partial charge in [0.2, 0.25) is 0 Å². The molecular weight excluding hydrogens is 250 g/mol. The van der Waals surface area contributed by atoms with E-state index in [4.69, 9.17) is 4.74 Å². The van der Waals surface area contributed by atoms with Gasteiger partial charge in [-0.1, -0.05) is 13.8 Å². The minimum Gasteiger partial charge on any atom is -0.488 e. The molecule has 18 heavy (non-hydrogen) atoms. The zero-order valence-electron chi connectivity index (χ0n) is 11.0. The molecule has 2 rings (SSSR count). The van der Waals surface area contributed by atoms with Crippen LogP contribution in [0.5, 0.6) is 5.75 Å². The second-order valence-electron chi connectivity index (χ2n) is 5.90. The number of ether oxygens (including phenoxy) is 1. The van der Waals surface area contributed by atoms with Gasteiger partial charge in [0.25, 0.3) is 11.9 Å². The Morgan fingerprint density at radius 2 is 2.00 bits per heavy atom. The summed E-state index contributed by atoms with van der Waals surface area (Å²) in [6, 6.07) is 5.45. The van der Waals surface area contributed by atoms with E-state index in [1.54, 1.807) is 6.07 Å². The van der Waals surface area contributed by atoms with Crippen LogP contribution in [0.3, 0.4) is 0 Å². The van der Waals surface area contributed by atoms with Crippen LogP contribution in [0.4, 0.5) is 0 Å². The Morgan fingerprint density at radius 1 is 1.33 bits per heavy atom. The number of rotatable bonds is 2. The molecule has 0 radical (unpaired) electrons. The molecule has 0 bridgehead atoms. The summed E-state index contributed by atoms with van der Waals surface area (Å²) in [5.41, 5.74) is 0.812. The predicted octanol–water partition coefficient (Wildman–Crippen LogP) is 3.81. The van der Waals surface area contributed by atoms with Crippen molar-refractivity contribution in [3.05, 3.63) is 33.9 Å². The van der Waals surface area contributed by atoms with E-state index in [2.05, 4.69) is 27.7 Å². The molecule has 0 aromatic heterocycles. The van der Waals surface area contributed by atoms with Gasteiger partial charge in [-0.05, 0) is 43.9 Å². The summed E-state index contributed by atoms with van der Waals surface area (Å²) in [4.78, 5) is 11.2. The van der Waals surface area contributed by atoms with E-state index in [0.29, 0.717) is 16.8 Å². The lowest BCUT2D eigenvalue weighted by Crippen LogP contribution is -2.41. The van der Waals surface area contributed by atoms with E-state index in [-0.39, 0.29) is 15.3 Å². The molecule has 1 aliphatic heterocycles. The van der Waals surface area contributed by atoms with E-state index in [9.17, 15) is 10.1 Å². The third-order valence-electron chi connectivity index (χ3n) is 3.11. The summed E-state index contributed by atoms with van der Waals surface area (Å²) in [5.74, 6) is 0.837. The lowest BCUT2D eigenvalue weighted by molar-refractivity contribution is -0.284. The molecule has 98 valence electrons. The van der Waals surface area contributed by atoms with Gasteiger partial charge in [-0.3, -0.25) is 10.1 Å². The number of nitro groups is 1.